The maximum absolute atomic E-state index is 14.1. The summed E-state index contributed by atoms with van der Waals surface area (Å²) < 4.78 is 24.5. The van der Waals surface area contributed by atoms with Crippen molar-refractivity contribution in [2.75, 3.05) is 14.2 Å². The van der Waals surface area contributed by atoms with Crippen LogP contribution in [-0.2, 0) is 0 Å². The zero-order valence-electron chi connectivity index (χ0n) is 13.3. The largest absolute Gasteiger partial charge is 0.493 e. The summed E-state index contributed by atoms with van der Waals surface area (Å²) in [6, 6.07) is 3.12. The quantitative estimate of drug-likeness (QED) is 0.374. The van der Waals surface area contributed by atoms with Gasteiger partial charge in [-0.05, 0) is 12.5 Å². The zero-order valence-corrected chi connectivity index (χ0v) is 14.8. The molecule has 0 fully saturated rings. The van der Waals surface area contributed by atoms with Crippen LogP contribution in [0.25, 0.3) is 0 Å². The van der Waals surface area contributed by atoms with E-state index in [9.17, 15) is 4.39 Å². The van der Waals surface area contributed by atoms with Crippen LogP contribution < -0.4 is 9.47 Å². The third-order valence-corrected chi connectivity index (χ3v) is 4.60. The topological polar surface area (TPSA) is 18.5 Å². The van der Waals surface area contributed by atoms with Gasteiger partial charge in [0.15, 0.2) is 11.5 Å². The van der Waals surface area contributed by atoms with Gasteiger partial charge in [-0.1, -0.05) is 61.4 Å². The molecule has 1 aromatic rings. The van der Waals surface area contributed by atoms with Gasteiger partial charge in [0.05, 0.1) is 14.2 Å². The fraction of sp³-hybridized carbons (Fsp3) is 0.647. The Kier molecular flexibility index (Phi) is 8.74. The molecule has 21 heavy (non-hydrogen) atoms. The van der Waals surface area contributed by atoms with Crippen LogP contribution in [0.2, 0.25) is 0 Å². The summed E-state index contributed by atoms with van der Waals surface area (Å²) in [5.41, 5.74) is 0.640. The highest BCUT2D eigenvalue weighted by molar-refractivity contribution is 9.09. The second-order valence-corrected chi connectivity index (χ2v) is 6.36. The lowest BCUT2D eigenvalue weighted by Crippen LogP contribution is -1.99. The van der Waals surface area contributed by atoms with Crippen molar-refractivity contribution in [2.24, 2.45) is 0 Å². The SMILES string of the molecule is CCCCCCCCC(Br)c1cc(OC)c(OC)cc1F. The Hall–Kier alpha value is -0.770. The first-order chi connectivity index (χ1) is 10.1. The van der Waals surface area contributed by atoms with Gasteiger partial charge in [-0.15, -0.1) is 0 Å². The number of halogens is 2. The maximum Gasteiger partial charge on any atom is 0.163 e. The molecule has 0 aliphatic carbocycles. The Morgan fingerprint density at radius 3 is 2.19 bits per heavy atom. The van der Waals surface area contributed by atoms with Gasteiger partial charge in [-0.3, -0.25) is 0 Å². The molecule has 2 nitrogen and oxygen atoms in total. The van der Waals surface area contributed by atoms with E-state index < -0.39 is 0 Å². The Morgan fingerprint density at radius 1 is 1.00 bits per heavy atom. The van der Waals surface area contributed by atoms with Gasteiger partial charge < -0.3 is 9.47 Å². The van der Waals surface area contributed by atoms with E-state index in [-0.39, 0.29) is 10.6 Å². The average Bonchev–Trinajstić information content (AvgIpc) is 2.50. The Balaban J connectivity index is 2.55. The molecule has 120 valence electrons. The third kappa shape index (κ3) is 5.85. The number of ether oxygens (including phenoxy) is 2. The minimum atomic E-state index is -0.250. The van der Waals surface area contributed by atoms with Crippen LogP contribution in [-0.4, -0.2) is 14.2 Å². The summed E-state index contributed by atoms with van der Waals surface area (Å²) in [6.07, 6.45) is 8.37. The van der Waals surface area contributed by atoms with Crippen LogP contribution in [0, 0.1) is 5.82 Å². The summed E-state index contributed by atoms with van der Waals surface area (Å²) >= 11 is 3.59. The summed E-state index contributed by atoms with van der Waals surface area (Å²) in [4.78, 5) is 0.0171. The molecule has 0 saturated carbocycles. The molecule has 0 aliphatic rings. The molecular formula is C17H26BrFO2. The number of unbranched alkanes of at least 4 members (excludes halogenated alkanes) is 5. The van der Waals surface area contributed by atoms with Crippen LogP contribution in [0.1, 0.15) is 62.3 Å². The smallest absolute Gasteiger partial charge is 0.163 e. The molecule has 0 N–H and O–H groups in total. The van der Waals surface area contributed by atoms with Crippen molar-refractivity contribution >= 4 is 15.9 Å². The second-order valence-electron chi connectivity index (χ2n) is 5.25. The molecule has 0 aliphatic heterocycles. The van der Waals surface area contributed by atoms with Crippen LogP contribution >= 0.6 is 15.9 Å². The van der Waals surface area contributed by atoms with Crippen molar-refractivity contribution in [3.63, 3.8) is 0 Å². The Bertz CT molecular complexity index is 423. The molecule has 0 saturated heterocycles. The number of alkyl halides is 1. The van der Waals surface area contributed by atoms with Crippen molar-refractivity contribution in [3.8, 4) is 11.5 Å². The highest BCUT2D eigenvalue weighted by Crippen LogP contribution is 2.37. The lowest BCUT2D eigenvalue weighted by Gasteiger charge is -2.15. The lowest BCUT2D eigenvalue weighted by molar-refractivity contribution is 0.351. The number of benzene rings is 1. The lowest BCUT2D eigenvalue weighted by atomic mass is 10.0. The molecule has 1 rings (SSSR count). The molecule has 0 heterocycles. The van der Waals surface area contributed by atoms with E-state index in [4.69, 9.17) is 9.47 Å². The van der Waals surface area contributed by atoms with Crippen LogP contribution in [0.5, 0.6) is 11.5 Å². The third-order valence-electron chi connectivity index (χ3n) is 3.65. The van der Waals surface area contributed by atoms with Crippen LogP contribution in [0.4, 0.5) is 4.39 Å². The van der Waals surface area contributed by atoms with Crippen molar-refractivity contribution < 1.29 is 13.9 Å². The molecule has 1 atom stereocenters. The Morgan fingerprint density at radius 2 is 1.57 bits per heavy atom. The molecule has 0 spiro atoms. The minimum Gasteiger partial charge on any atom is -0.493 e. The van der Waals surface area contributed by atoms with E-state index in [0.29, 0.717) is 17.1 Å². The zero-order chi connectivity index (χ0) is 15.7. The summed E-state index contributed by atoms with van der Waals surface area (Å²) in [7, 11) is 3.08. The van der Waals surface area contributed by atoms with E-state index in [1.165, 1.54) is 45.3 Å². The van der Waals surface area contributed by atoms with Crippen molar-refractivity contribution in [1.82, 2.24) is 0 Å². The van der Waals surface area contributed by atoms with Gasteiger partial charge in [0.25, 0.3) is 0 Å². The first-order valence-electron chi connectivity index (χ1n) is 7.69. The number of methoxy groups -OCH3 is 2. The van der Waals surface area contributed by atoms with Crippen molar-refractivity contribution in [2.45, 2.75) is 56.7 Å². The van der Waals surface area contributed by atoms with Gasteiger partial charge in [0.2, 0.25) is 0 Å². The molecule has 0 amide bonds. The molecule has 0 aromatic heterocycles. The molecule has 1 aromatic carbocycles. The number of hydrogen-bond acceptors (Lipinski definition) is 2. The second kappa shape index (κ2) is 10.0. The normalized spacial score (nSPS) is 12.2. The fourth-order valence-electron chi connectivity index (χ4n) is 2.37. The molecular weight excluding hydrogens is 335 g/mol. The van der Waals surface area contributed by atoms with E-state index in [2.05, 4.69) is 22.9 Å². The van der Waals surface area contributed by atoms with Gasteiger partial charge in [0, 0.05) is 16.5 Å². The molecule has 0 radical (unpaired) electrons. The standard InChI is InChI=1S/C17H26BrFO2/c1-4-5-6-7-8-9-10-14(18)13-11-16(20-2)17(21-3)12-15(13)19/h11-12,14H,4-10H2,1-3H3. The monoisotopic (exact) mass is 360 g/mol. The van der Waals surface area contributed by atoms with E-state index in [1.807, 2.05) is 0 Å². The van der Waals surface area contributed by atoms with E-state index >= 15 is 0 Å². The first-order valence-corrected chi connectivity index (χ1v) is 8.61. The molecule has 1 unspecified atom stereocenters. The summed E-state index contributed by atoms with van der Waals surface area (Å²) in [5.74, 6) is 0.750. The maximum atomic E-state index is 14.1. The van der Waals surface area contributed by atoms with Gasteiger partial charge in [0.1, 0.15) is 5.82 Å². The van der Waals surface area contributed by atoms with Gasteiger partial charge in [-0.2, -0.15) is 0 Å². The number of hydrogen-bond donors (Lipinski definition) is 0. The van der Waals surface area contributed by atoms with Crippen molar-refractivity contribution in [1.29, 1.82) is 0 Å². The van der Waals surface area contributed by atoms with Gasteiger partial charge in [-0.25, -0.2) is 4.39 Å². The Labute approximate surface area is 136 Å². The summed E-state index contributed by atoms with van der Waals surface area (Å²) in [6.45, 7) is 2.22. The van der Waals surface area contributed by atoms with Gasteiger partial charge >= 0.3 is 0 Å². The number of rotatable bonds is 10. The van der Waals surface area contributed by atoms with Crippen LogP contribution in [0.3, 0.4) is 0 Å². The minimum absolute atomic E-state index is 0.0171. The molecule has 4 heteroatoms. The first kappa shape index (κ1) is 18.3. The van der Waals surface area contributed by atoms with Crippen molar-refractivity contribution in [3.05, 3.63) is 23.5 Å². The fourth-order valence-corrected chi connectivity index (χ4v) is 3.04. The highest BCUT2D eigenvalue weighted by Gasteiger charge is 2.17. The van der Waals surface area contributed by atoms with E-state index in [0.717, 1.165) is 12.8 Å². The summed E-state index contributed by atoms with van der Waals surface area (Å²) in [5, 5.41) is 0. The predicted octanol–water partition coefficient (Wildman–Crippen LogP) is 6.03. The van der Waals surface area contributed by atoms with Crippen LogP contribution in [0.15, 0.2) is 12.1 Å². The predicted molar refractivity (Wildman–Crippen MR) is 89.2 cm³/mol. The molecule has 0 bridgehead atoms. The van der Waals surface area contributed by atoms with E-state index in [1.54, 1.807) is 13.2 Å². The average molecular weight is 361 g/mol. The highest BCUT2D eigenvalue weighted by atomic mass is 79.9.